The summed E-state index contributed by atoms with van der Waals surface area (Å²) in [4.78, 5) is 39.4. The summed E-state index contributed by atoms with van der Waals surface area (Å²) in [6.07, 6.45) is 2.48. The number of hydrogen-bond acceptors (Lipinski definition) is 6. The Morgan fingerprint density at radius 3 is 2.61 bits per heavy atom. The SMILES string of the molecule is CCCC(=O)N1CCCC1C(=O)OCC(=O)c1cc(C)n(-c2ccc3c(c2)OCCO3)c1C. The van der Waals surface area contributed by atoms with Gasteiger partial charge in [-0.25, -0.2) is 4.79 Å². The third-order valence-electron chi connectivity index (χ3n) is 6.17. The third kappa shape index (κ3) is 4.60. The van der Waals surface area contributed by atoms with Gasteiger partial charge in [0.25, 0.3) is 0 Å². The number of rotatable bonds is 7. The molecule has 0 N–H and O–H groups in total. The van der Waals surface area contributed by atoms with Crippen LogP contribution < -0.4 is 9.47 Å². The molecule has 0 aliphatic carbocycles. The molecule has 0 radical (unpaired) electrons. The van der Waals surface area contributed by atoms with Gasteiger partial charge in [-0.05, 0) is 51.3 Å². The van der Waals surface area contributed by atoms with E-state index in [2.05, 4.69) is 0 Å². The largest absolute Gasteiger partial charge is 0.486 e. The first kappa shape index (κ1) is 22.9. The summed E-state index contributed by atoms with van der Waals surface area (Å²) in [7, 11) is 0. The van der Waals surface area contributed by atoms with Gasteiger partial charge >= 0.3 is 5.97 Å². The number of aryl methyl sites for hydroxylation is 1. The number of hydrogen-bond donors (Lipinski definition) is 0. The molecule has 8 nitrogen and oxygen atoms in total. The zero-order valence-corrected chi connectivity index (χ0v) is 19.4. The fourth-order valence-corrected chi connectivity index (χ4v) is 4.59. The van der Waals surface area contributed by atoms with E-state index in [9.17, 15) is 14.4 Å². The molecule has 33 heavy (non-hydrogen) atoms. The van der Waals surface area contributed by atoms with E-state index in [0.717, 1.165) is 29.9 Å². The minimum Gasteiger partial charge on any atom is -0.486 e. The lowest BCUT2D eigenvalue weighted by molar-refractivity contribution is -0.152. The second-order valence-electron chi connectivity index (χ2n) is 8.47. The lowest BCUT2D eigenvalue weighted by atomic mass is 10.1. The highest BCUT2D eigenvalue weighted by atomic mass is 16.6. The van der Waals surface area contributed by atoms with Gasteiger partial charge in [0, 0.05) is 41.7 Å². The van der Waals surface area contributed by atoms with E-state index in [1.165, 1.54) is 0 Å². The Hall–Kier alpha value is -3.29. The smallest absolute Gasteiger partial charge is 0.329 e. The van der Waals surface area contributed by atoms with Crippen molar-refractivity contribution in [1.82, 2.24) is 9.47 Å². The first-order valence-electron chi connectivity index (χ1n) is 11.5. The number of benzene rings is 1. The van der Waals surface area contributed by atoms with Crippen molar-refractivity contribution in [2.75, 3.05) is 26.4 Å². The van der Waals surface area contributed by atoms with Crippen LogP contribution in [0, 0.1) is 13.8 Å². The van der Waals surface area contributed by atoms with Crippen molar-refractivity contribution in [1.29, 1.82) is 0 Å². The standard InChI is InChI=1S/C25H30N2O6/c1-4-6-24(29)26-10-5-7-20(26)25(30)33-15-21(28)19-13-16(2)27(17(19)3)18-8-9-22-23(14-18)32-12-11-31-22/h8-9,13-14,20H,4-7,10-12,15H2,1-3H3. The number of carbonyl (C=O) groups is 3. The average Bonchev–Trinajstić information content (AvgIpc) is 3.42. The van der Waals surface area contributed by atoms with Crippen LogP contribution >= 0.6 is 0 Å². The molecule has 1 fully saturated rings. The van der Waals surface area contributed by atoms with Crippen molar-refractivity contribution >= 4 is 17.7 Å². The Kier molecular flexibility index (Phi) is 6.72. The van der Waals surface area contributed by atoms with Gasteiger partial charge in [-0.3, -0.25) is 9.59 Å². The normalized spacial score (nSPS) is 17.2. The van der Waals surface area contributed by atoms with Crippen LogP contribution in [-0.4, -0.2) is 59.5 Å². The molecule has 3 heterocycles. The maximum absolute atomic E-state index is 12.9. The van der Waals surface area contributed by atoms with Gasteiger partial charge in [-0.1, -0.05) is 6.92 Å². The predicted molar refractivity (Wildman–Crippen MR) is 121 cm³/mol. The van der Waals surface area contributed by atoms with E-state index in [1.54, 1.807) is 11.0 Å². The van der Waals surface area contributed by atoms with E-state index >= 15 is 0 Å². The molecular weight excluding hydrogens is 424 g/mol. The molecular formula is C25H30N2O6. The minimum atomic E-state index is -0.595. The zero-order chi connectivity index (χ0) is 23.5. The van der Waals surface area contributed by atoms with Gasteiger partial charge < -0.3 is 23.7 Å². The van der Waals surface area contributed by atoms with Crippen molar-refractivity contribution in [2.45, 2.75) is 52.5 Å². The highest BCUT2D eigenvalue weighted by Crippen LogP contribution is 2.33. The number of Topliss-reactive ketones (excluding diaryl/α,β-unsaturated/α-hetero) is 1. The average molecular weight is 455 g/mol. The van der Waals surface area contributed by atoms with Crippen LogP contribution in [0.5, 0.6) is 11.5 Å². The summed E-state index contributed by atoms with van der Waals surface area (Å²) in [5.41, 5.74) is 3.00. The summed E-state index contributed by atoms with van der Waals surface area (Å²) in [5, 5.41) is 0. The lowest BCUT2D eigenvalue weighted by Crippen LogP contribution is -2.41. The second-order valence-corrected chi connectivity index (χ2v) is 8.47. The number of ether oxygens (including phenoxy) is 3. The Balaban J connectivity index is 1.45. The molecule has 1 unspecified atom stereocenters. The topological polar surface area (TPSA) is 87.1 Å². The number of nitrogens with zero attached hydrogens (tertiary/aromatic N) is 2. The van der Waals surface area contributed by atoms with E-state index in [0.29, 0.717) is 49.7 Å². The number of aromatic nitrogens is 1. The van der Waals surface area contributed by atoms with Crippen LogP contribution in [0.4, 0.5) is 0 Å². The molecule has 0 saturated carbocycles. The minimum absolute atomic E-state index is 0.0359. The van der Waals surface area contributed by atoms with E-state index in [1.807, 2.05) is 43.5 Å². The number of amides is 1. The molecule has 1 saturated heterocycles. The van der Waals surface area contributed by atoms with Gasteiger partial charge in [0.05, 0.1) is 0 Å². The van der Waals surface area contributed by atoms with Gasteiger partial charge in [0.1, 0.15) is 19.3 Å². The number of carbonyl (C=O) groups excluding carboxylic acids is 3. The first-order valence-corrected chi connectivity index (χ1v) is 11.5. The van der Waals surface area contributed by atoms with Crippen LogP contribution in [0.3, 0.4) is 0 Å². The van der Waals surface area contributed by atoms with Crippen molar-refractivity contribution < 1.29 is 28.6 Å². The molecule has 176 valence electrons. The molecule has 2 aromatic rings. The fraction of sp³-hybridized carbons (Fsp3) is 0.480. The van der Waals surface area contributed by atoms with Crippen LogP contribution in [0.25, 0.3) is 5.69 Å². The molecule has 2 aliphatic heterocycles. The zero-order valence-electron chi connectivity index (χ0n) is 19.4. The Morgan fingerprint density at radius 1 is 1.09 bits per heavy atom. The molecule has 1 aromatic carbocycles. The monoisotopic (exact) mass is 454 g/mol. The quantitative estimate of drug-likeness (QED) is 0.471. The van der Waals surface area contributed by atoms with Crippen LogP contribution in [0.2, 0.25) is 0 Å². The van der Waals surface area contributed by atoms with Crippen LogP contribution in [0.15, 0.2) is 24.3 Å². The molecule has 0 bridgehead atoms. The fourth-order valence-electron chi connectivity index (χ4n) is 4.59. The number of ketones is 1. The van der Waals surface area contributed by atoms with Crippen LogP contribution in [-0.2, 0) is 14.3 Å². The maximum Gasteiger partial charge on any atom is 0.329 e. The summed E-state index contributed by atoms with van der Waals surface area (Å²) >= 11 is 0. The third-order valence-corrected chi connectivity index (χ3v) is 6.17. The van der Waals surface area contributed by atoms with E-state index in [4.69, 9.17) is 14.2 Å². The Bertz CT molecular complexity index is 1070. The lowest BCUT2D eigenvalue weighted by Gasteiger charge is -2.23. The summed E-state index contributed by atoms with van der Waals surface area (Å²) in [6.45, 7) is 6.94. The van der Waals surface area contributed by atoms with Crippen molar-refractivity contribution in [3.63, 3.8) is 0 Å². The Labute approximate surface area is 193 Å². The van der Waals surface area contributed by atoms with Crippen molar-refractivity contribution in [2.24, 2.45) is 0 Å². The second kappa shape index (κ2) is 9.68. The van der Waals surface area contributed by atoms with Crippen molar-refractivity contribution in [3.05, 3.63) is 41.2 Å². The molecule has 2 aliphatic rings. The number of esters is 1. The van der Waals surface area contributed by atoms with Crippen LogP contribution in [0.1, 0.15) is 54.4 Å². The number of likely N-dealkylation sites (tertiary alicyclic amines) is 1. The van der Waals surface area contributed by atoms with Gasteiger partial charge in [-0.15, -0.1) is 0 Å². The van der Waals surface area contributed by atoms with E-state index in [-0.39, 0.29) is 18.3 Å². The maximum atomic E-state index is 12.9. The van der Waals surface area contributed by atoms with E-state index < -0.39 is 12.0 Å². The molecule has 1 atom stereocenters. The summed E-state index contributed by atoms with van der Waals surface area (Å²) < 4.78 is 18.6. The van der Waals surface area contributed by atoms with Gasteiger partial charge in [-0.2, -0.15) is 0 Å². The van der Waals surface area contributed by atoms with Gasteiger partial charge in [0.2, 0.25) is 11.7 Å². The van der Waals surface area contributed by atoms with Gasteiger partial charge in [0.15, 0.2) is 18.1 Å². The Morgan fingerprint density at radius 2 is 1.85 bits per heavy atom. The summed E-state index contributed by atoms with van der Waals surface area (Å²) in [5.74, 6) is 0.558. The first-order chi connectivity index (χ1) is 15.9. The predicted octanol–water partition coefficient (Wildman–Crippen LogP) is 3.38. The highest BCUT2D eigenvalue weighted by molar-refractivity contribution is 5.99. The number of fused-ring (bicyclic) bond motifs is 1. The summed E-state index contributed by atoms with van der Waals surface area (Å²) in [6, 6.07) is 6.88. The molecule has 1 aromatic heterocycles. The molecule has 1 amide bonds. The highest BCUT2D eigenvalue weighted by Gasteiger charge is 2.35. The molecule has 4 rings (SSSR count). The molecule has 8 heteroatoms. The van der Waals surface area contributed by atoms with Crippen molar-refractivity contribution in [3.8, 4) is 17.2 Å². The molecule has 0 spiro atoms.